The SMILES string of the molecule is CN(C)CCNC(=O)c1cc(-c2ccccc2)nn1-c1ccc([N+](=O)[O-])cc1. The van der Waals surface area contributed by atoms with Crippen LogP contribution in [0.1, 0.15) is 10.5 Å². The summed E-state index contributed by atoms with van der Waals surface area (Å²) in [4.78, 5) is 25.2. The van der Waals surface area contributed by atoms with E-state index in [1.165, 1.54) is 16.8 Å². The number of hydrogen-bond acceptors (Lipinski definition) is 5. The zero-order valence-corrected chi connectivity index (χ0v) is 15.7. The van der Waals surface area contributed by atoms with Crippen LogP contribution in [0.4, 0.5) is 5.69 Å². The van der Waals surface area contributed by atoms with Crippen LogP contribution in [0.5, 0.6) is 0 Å². The molecule has 0 aliphatic rings. The van der Waals surface area contributed by atoms with Gasteiger partial charge in [-0.15, -0.1) is 0 Å². The molecule has 0 unspecified atom stereocenters. The van der Waals surface area contributed by atoms with Gasteiger partial charge in [0, 0.05) is 30.8 Å². The normalized spacial score (nSPS) is 10.8. The monoisotopic (exact) mass is 379 g/mol. The standard InChI is InChI=1S/C20H21N5O3/c1-23(2)13-12-21-20(26)19-14-18(15-6-4-3-5-7-15)22-24(19)16-8-10-17(11-9-16)25(27)28/h3-11,14H,12-13H2,1-2H3,(H,21,26). The predicted octanol–water partition coefficient (Wildman–Crippen LogP) is 2.74. The summed E-state index contributed by atoms with van der Waals surface area (Å²) in [5.41, 5.74) is 2.45. The molecule has 3 aromatic rings. The third-order valence-corrected chi connectivity index (χ3v) is 4.16. The molecular weight excluding hydrogens is 358 g/mol. The lowest BCUT2D eigenvalue weighted by Crippen LogP contribution is -2.32. The van der Waals surface area contributed by atoms with Gasteiger partial charge in [-0.05, 0) is 32.3 Å². The molecular formula is C20H21N5O3. The number of hydrogen-bond donors (Lipinski definition) is 1. The van der Waals surface area contributed by atoms with Crippen LogP contribution in [0.25, 0.3) is 16.9 Å². The van der Waals surface area contributed by atoms with Crippen molar-refractivity contribution in [2.45, 2.75) is 0 Å². The van der Waals surface area contributed by atoms with Gasteiger partial charge in [0.2, 0.25) is 0 Å². The van der Waals surface area contributed by atoms with E-state index >= 15 is 0 Å². The van der Waals surface area contributed by atoms with E-state index < -0.39 is 4.92 Å². The number of non-ortho nitro benzene ring substituents is 1. The number of rotatable bonds is 7. The largest absolute Gasteiger partial charge is 0.349 e. The van der Waals surface area contributed by atoms with Gasteiger partial charge in [0.15, 0.2) is 0 Å². The molecule has 0 aliphatic heterocycles. The molecule has 144 valence electrons. The van der Waals surface area contributed by atoms with Crippen LogP contribution in [-0.2, 0) is 0 Å². The molecule has 3 rings (SSSR count). The van der Waals surface area contributed by atoms with E-state index in [4.69, 9.17) is 0 Å². The lowest BCUT2D eigenvalue weighted by atomic mass is 10.1. The van der Waals surface area contributed by atoms with Gasteiger partial charge in [0.1, 0.15) is 5.69 Å². The van der Waals surface area contributed by atoms with Gasteiger partial charge in [-0.1, -0.05) is 30.3 Å². The summed E-state index contributed by atoms with van der Waals surface area (Å²) >= 11 is 0. The fraction of sp³-hybridized carbons (Fsp3) is 0.200. The van der Waals surface area contributed by atoms with Crippen LogP contribution in [0.15, 0.2) is 60.7 Å². The van der Waals surface area contributed by atoms with Crippen LogP contribution in [0, 0.1) is 10.1 Å². The zero-order valence-electron chi connectivity index (χ0n) is 15.7. The molecule has 0 fully saturated rings. The molecule has 8 nitrogen and oxygen atoms in total. The molecule has 1 aromatic heterocycles. The van der Waals surface area contributed by atoms with Crippen molar-refractivity contribution in [2.24, 2.45) is 0 Å². The topological polar surface area (TPSA) is 93.3 Å². The zero-order chi connectivity index (χ0) is 20.1. The summed E-state index contributed by atoms with van der Waals surface area (Å²) in [6.45, 7) is 1.21. The van der Waals surface area contributed by atoms with Crippen LogP contribution < -0.4 is 5.32 Å². The number of carbonyl (C=O) groups is 1. The van der Waals surface area contributed by atoms with E-state index in [1.807, 2.05) is 49.3 Å². The lowest BCUT2D eigenvalue weighted by Gasteiger charge is -2.11. The summed E-state index contributed by atoms with van der Waals surface area (Å²) in [6, 6.07) is 17.2. The first-order chi connectivity index (χ1) is 13.5. The summed E-state index contributed by atoms with van der Waals surface area (Å²) in [5.74, 6) is -0.255. The van der Waals surface area contributed by atoms with Gasteiger partial charge in [-0.3, -0.25) is 14.9 Å². The predicted molar refractivity (Wildman–Crippen MR) is 107 cm³/mol. The maximum atomic E-state index is 12.7. The quantitative estimate of drug-likeness (QED) is 0.503. The number of aromatic nitrogens is 2. The molecule has 0 saturated carbocycles. The Hall–Kier alpha value is -3.52. The second-order valence-corrected chi connectivity index (χ2v) is 6.53. The fourth-order valence-electron chi connectivity index (χ4n) is 2.69. The summed E-state index contributed by atoms with van der Waals surface area (Å²) in [6.07, 6.45) is 0. The maximum absolute atomic E-state index is 12.7. The average Bonchev–Trinajstić information content (AvgIpc) is 3.14. The van der Waals surface area contributed by atoms with Crippen LogP contribution >= 0.6 is 0 Å². The van der Waals surface area contributed by atoms with Crippen molar-refractivity contribution in [1.82, 2.24) is 20.0 Å². The van der Waals surface area contributed by atoms with Gasteiger partial charge in [-0.25, -0.2) is 4.68 Å². The van der Waals surface area contributed by atoms with Gasteiger partial charge < -0.3 is 10.2 Å². The number of carbonyl (C=O) groups excluding carboxylic acids is 1. The van der Waals surface area contributed by atoms with Crippen molar-refractivity contribution in [3.8, 4) is 16.9 Å². The van der Waals surface area contributed by atoms with Crippen molar-refractivity contribution >= 4 is 11.6 Å². The number of nitrogens with zero attached hydrogens (tertiary/aromatic N) is 4. The number of nitrogens with one attached hydrogen (secondary N) is 1. The molecule has 0 atom stereocenters. The number of amides is 1. The molecule has 0 saturated heterocycles. The van der Waals surface area contributed by atoms with Gasteiger partial charge in [-0.2, -0.15) is 5.10 Å². The Morgan fingerprint density at radius 3 is 2.43 bits per heavy atom. The van der Waals surface area contributed by atoms with Crippen LogP contribution in [-0.4, -0.2) is 52.7 Å². The van der Waals surface area contributed by atoms with Gasteiger partial charge >= 0.3 is 0 Å². The Morgan fingerprint density at radius 1 is 1.14 bits per heavy atom. The minimum absolute atomic E-state index is 0.0174. The molecule has 1 N–H and O–H groups in total. The minimum atomic E-state index is -0.461. The Bertz CT molecular complexity index is 965. The van der Waals surface area contributed by atoms with Crippen LogP contribution in [0.2, 0.25) is 0 Å². The Balaban J connectivity index is 1.97. The molecule has 2 aromatic carbocycles. The second-order valence-electron chi connectivity index (χ2n) is 6.53. The van der Waals surface area contributed by atoms with Gasteiger partial charge in [0.05, 0.1) is 16.3 Å². The first-order valence-corrected chi connectivity index (χ1v) is 8.79. The Morgan fingerprint density at radius 2 is 1.82 bits per heavy atom. The van der Waals surface area contributed by atoms with E-state index in [0.29, 0.717) is 30.2 Å². The summed E-state index contributed by atoms with van der Waals surface area (Å²) < 4.78 is 1.51. The van der Waals surface area contributed by atoms with Crippen molar-refractivity contribution in [3.63, 3.8) is 0 Å². The second kappa shape index (κ2) is 8.45. The highest BCUT2D eigenvalue weighted by molar-refractivity contribution is 5.94. The third kappa shape index (κ3) is 4.41. The molecule has 1 heterocycles. The number of nitro groups is 1. The Labute approximate surface area is 162 Å². The molecule has 0 spiro atoms. The lowest BCUT2D eigenvalue weighted by molar-refractivity contribution is -0.384. The minimum Gasteiger partial charge on any atom is -0.349 e. The molecule has 0 radical (unpaired) electrons. The smallest absolute Gasteiger partial charge is 0.270 e. The summed E-state index contributed by atoms with van der Waals surface area (Å²) in [5, 5.41) is 18.4. The Kier molecular flexibility index (Phi) is 5.81. The molecule has 0 aliphatic carbocycles. The van der Waals surface area contributed by atoms with E-state index in [1.54, 1.807) is 18.2 Å². The molecule has 0 bridgehead atoms. The molecule has 28 heavy (non-hydrogen) atoms. The highest BCUT2D eigenvalue weighted by atomic mass is 16.6. The highest BCUT2D eigenvalue weighted by Crippen LogP contribution is 2.23. The molecule has 8 heteroatoms. The van der Waals surface area contributed by atoms with Crippen molar-refractivity contribution in [1.29, 1.82) is 0 Å². The van der Waals surface area contributed by atoms with Gasteiger partial charge in [0.25, 0.3) is 11.6 Å². The molecule has 1 amide bonds. The fourth-order valence-corrected chi connectivity index (χ4v) is 2.69. The maximum Gasteiger partial charge on any atom is 0.270 e. The third-order valence-electron chi connectivity index (χ3n) is 4.16. The summed E-state index contributed by atoms with van der Waals surface area (Å²) in [7, 11) is 3.86. The van der Waals surface area contributed by atoms with E-state index in [0.717, 1.165) is 5.56 Å². The van der Waals surface area contributed by atoms with E-state index in [2.05, 4.69) is 10.4 Å². The number of nitro benzene ring substituents is 1. The van der Waals surface area contributed by atoms with Crippen molar-refractivity contribution in [2.75, 3.05) is 27.2 Å². The highest BCUT2D eigenvalue weighted by Gasteiger charge is 2.18. The average molecular weight is 379 g/mol. The number of benzene rings is 2. The number of likely N-dealkylation sites (N-methyl/N-ethyl adjacent to an activating group) is 1. The van der Waals surface area contributed by atoms with E-state index in [-0.39, 0.29) is 11.6 Å². The first-order valence-electron chi connectivity index (χ1n) is 8.79. The van der Waals surface area contributed by atoms with Crippen LogP contribution in [0.3, 0.4) is 0 Å². The van der Waals surface area contributed by atoms with Crippen molar-refractivity contribution < 1.29 is 9.72 Å². The van der Waals surface area contributed by atoms with Crippen molar-refractivity contribution in [3.05, 3.63) is 76.5 Å². The van der Waals surface area contributed by atoms with E-state index in [9.17, 15) is 14.9 Å². The first kappa shape index (κ1) is 19.2.